The number of nitrogens with zero attached hydrogens (tertiary/aromatic N) is 4. The van der Waals surface area contributed by atoms with E-state index in [0.717, 1.165) is 29.0 Å². The first-order valence-corrected chi connectivity index (χ1v) is 7.57. The Bertz CT molecular complexity index is 812. The van der Waals surface area contributed by atoms with Crippen molar-refractivity contribution < 1.29 is 4.74 Å². The van der Waals surface area contributed by atoms with Gasteiger partial charge in [0.1, 0.15) is 11.4 Å². The predicted molar refractivity (Wildman–Crippen MR) is 89.5 cm³/mol. The third-order valence-electron chi connectivity index (χ3n) is 3.56. The van der Waals surface area contributed by atoms with Crippen LogP contribution in [0.25, 0.3) is 17.1 Å². The van der Waals surface area contributed by atoms with Crippen LogP contribution in [0.4, 0.5) is 5.69 Å². The van der Waals surface area contributed by atoms with Crippen LogP contribution in [0, 0.1) is 6.92 Å². The van der Waals surface area contributed by atoms with Gasteiger partial charge < -0.3 is 10.5 Å². The molecule has 3 rings (SSSR count). The summed E-state index contributed by atoms with van der Waals surface area (Å²) in [5, 5.41) is 12.1. The Morgan fingerprint density at radius 1 is 1.17 bits per heavy atom. The standard InChI is InChI=1S/C17H19N5O/c1-3-10-23-16-7-5-4-6-15(16)22-17(19-20-21-22)13-9-8-12(2)14(18)11-13/h4-9,11H,3,10,18H2,1-2H3. The summed E-state index contributed by atoms with van der Waals surface area (Å²) in [6.07, 6.45) is 0.936. The molecule has 1 aromatic heterocycles. The van der Waals surface area contributed by atoms with Crippen molar-refractivity contribution in [3.63, 3.8) is 0 Å². The number of tetrazole rings is 1. The van der Waals surface area contributed by atoms with E-state index >= 15 is 0 Å². The van der Waals surface area contributed by atoms with Crippen molar-refractivity contribution in [1.29, 1.82) is 0 Å². The fraction of sp³-hybridized carbons (Fsp3) is 0.235. The minimum atomic E-state index is 0.629. The van der Waals surface area contributed by atoms with Gasteiger partial charge in [-0.05, 0) is 47.5 Å². The Kier molecular flexibility index (Phi) is 4.23. The van der Waals surface area contributed by atoms with Gasteiger partial charge in [-0.3, -0.25) is 0 Å². The molecular formula is C17H19N5O. The molecule has 0 saturated carbocycles. The SMILES string of the molecule is CCCOc1ccccc1-n1nnnc1-c1ccc(C)c(N)c1. The van der Waals surface area contributed by atoms with Crippen molar-refractivity contribution >= 4 is 5.69 Å². The van der Waals surface area contributed by atoms with E-state index in [1.165, 1.54) is 0 Å². The molecule has 2 aromatic carbocycles. The van der Waals surface area contributed by atoms with Crippen molar-refractivity contribution in [2.75, 3.05) is 12.3 Å². The summed E-state index contributed by atoms with van der Waals surface area (Å²) >= 11 is 0. The number of nitrogens with two attached hydrogens (primary N) is 1. The van der Waals surface area contributed by atoms with Gasteiger partial charge in [0.05, 0.1) is 6.61 Å². The van der Waals surface area contributed by atoms with E-state index in [-0.39, 0.29) is 0 Å². The molecule has 1 heterocycles. The zero-order valence-electron chi connectivity index (χ0n) is 13.2. The van der Waals surface area contributed by atoms with Crippen molar-refractivity contribution in [2.24, 2.45) is 0 Å². The third kappa shape index (κ3) is 3.01. The van der Waals surface area contributed by atoms with Crippen LogP contribution >= 0.6 is 0 Å². The smallest absolute Gasteiger partial charge is 0.187 e. The first-order chi connectivity index (χ1) is 11.2. The summed E-state index contributed by atoms with van der Waals surface area (Å²) in [4.78, 5) is 0. The molecule has 0 aliphatic rings. The summed E-state index contributed by atoms with van der Waals surface area (Å²) in [5.74, 6) is 1.38. The van der Waals surface area contributed by atoms with Gasteiger partial charge in [-0.25, -0.2) is 0 Å². The molecular weight excluding hydrogens is 290 g/mol. The Morgan fingerprint density at radius 3 is 2.78 bits per heavy atom. The maximum atomic E-state index is 6.01. The van der Waals surface area contributed by atoms with E-state index in [2.05, 4.69) is 22.4 Å². The summed E-state index contributed by atoms with van der Waals surface area (Å²) in [6, 6.07) is 13.5. The number of ether oxygens (including phenoxy) is 1. The number of nitrogen functional groups attached to an aromatic ring is 1. The Hall–Kier alpha value is -2.89. The van der Waals surface area contributed by atoms with Gasteiger partial charge in [-0.2, -0.15) is 4.68 Å². The van der Waals surface area contributed by atoms with Crippen LogP contribution in [0.5, 0.6) is 5.75 Å². The largest absolute Gasteiger partial charge is 0.491 e. The van der Waals surface area contributed by atoms with Crippen LogP contribution in [0.2, 0.25) is 0 Å². The highest BCUT2D eigenvalue weighted by Gasteiger charge is 2.15. The van der Waals surface area contributed by atoms with E-state index in [1.54, 1.807) is 4.68 Å². The van der Waals surface area contributed by atoms with Crippen molar-refractivity contribution in [2.45, 2.75) is 20.3 Å². The maximum Gasteiger partial charge on any atom is 0.187 e. The highest BCUT2D eigenvalue weighted by molar-refractivity contribution is 5.65. The van der Waals surface area contributed by atoms with E-state index in [4.69, 9.17) is 10.5 Å². The molecule has 0 aliphatic heterocycles. The molecule has 0 radical (unpaired) electrons. The number of aromatic nitrogens is 4. The quantitative estimate of drug-likeness (QED) is 0.733. The van der Waals surface area contributed by atoms with E-state index in [1.807, 2.05) is 49.4 Å². The summed E-state index contributed by atoms with van der Waals surface area (Å²) in [5.41, 5.74) is 9.42. The lowest BCUT2D eigenvalue weighted by Gasteiger charge is -2.12. The second-order valence-corrected chi connectivity index (χ2v) is 5.30. The van der Waals surface area contributed by atoms with Crippen LogP contribution in [-0.4, -0.2) is 26.8 Å². The lowest BCUT2D eigenvalue weighted by molar-refractivity contribution is 0.316. The van der Waals surface area contributed by atoms with E-state index in [9.17, 15) is 0 Å². The van der Waals surface area contributed by atoms with Gasteiger partial charge in [0.25, 0.3) is 0 Å². The summed E-state index contributed by atoms with van der Waals surface area (Å²) in [6.45, 7) is 4.68. The molecule has 0 amide bonds. The monoisotopic (exact) mass is 309 g/mol. The first kappa shape index (κ1) is 15.0. The van der Waals surface area contributed by atoms with Crippen molar-refractivity contribution in [1.82, 2.24) is 20.2 Å². The summed E-state index contributed by atoms with van der Waals surface area (Å²) < 4.78 is 7.48. The van der Waals surface area contributed by atoms with Crippen LogP contribution in [0.15, 0.2) is 42.5 Å². The first-order valence-electron chi connectivity index (χ1n) is 7.57. The second kappa shape index (κ2) is 6.48. The molecule has 0 unspecified atom stereocenters. The lowest BCUT2D eigenvalue weighted by atomic mass is 10.1. The average molecular weight is 309 g/mol. The van der Waals surface area contributed by atoms with Crippen LogP contribution in [0.3, 0.4) is 0 Å². The number of aryl methyl sites for hydroxylation is 1. The normalized spacial score (nSPS) is 10.7. The predicted octanol–water partition coefficient (Wildman–Crippen LogP) is 3.01. The molecule has 0 aliphatic carbocycles. The number of rotatable bonds is 5. The number of anilines is 1. The fourth-order valence-electron chi connectivity index (χ4n) is 2.28. The highest BCUT2D eigenvalue weighted by Crippen LogP contribution is 2.27. The molecule has 0 fully saturated rings. The highest BCUT2D eigenvalue weighted by atomic mass is 16.5. The zero-order valence-corrected chi connectivity index (χ0v) is 13.2. The van der Waals surface area contributed by atoms with Gasteiger partial charge in [0, 0.05) is 11.3 Å². The number of hydrogen-bond donors (Lipinski definition) is 1. The minimum absolute atomic E-state index is 0.629. The summed E-state index contributed by atoms with van der Waals surface area (Å²) in [7, 11) is 0. The number of benzene rings is 2. The Balaban J connectivity index is 2.06. The molecule has 0 bridgehead atoms. The topological polar surface area (TPSA) is 78.8 Å². The van der Waals surface area contributed by atoms with Crippen molar-refractivity contribution in [3.05, 3.63) is 48.0 Å². The molecule has 0 spiro atoms. The molecule has 23 heavy (non-hydrogen) atoms. The number of para-hydroxylation sites is 2. The lowest BCUT2D eigenvalue weighted by Crippen LogP contribution is -2.05. The Morgan fingerprint density at radius 2 is 2.00 bits per heavy atom. The zero-order chi connectivity index (χ0) is 16.2. The molecule has 6 heteroatoms. The van der Waals surface area contributed by atoms with Crippen molar-refractivity contribution in [3.8, 4) is 22.8 Å². The third-order valence-corrected chi connectivity index (χ3v) is 3.56. The van der Waals surface area contributed by atoms with Crippen LogP contribution in [0.1, 0.15) is 18.9 Å². The molecule has 0 saturated heterocycles. The maximum absolute atomic E-state index is 6.01. The molecule has 2 N–H and O–H groups in total. The average Bonchev–Trinajstić information content (AvgIpc) is 3.05. The van der Waals surface area contributed by atoms with E-state index in [0.29, 0.717) is 18.1 Å². The molecule has 6 nitrogen and oxygen atoms in total. The molecule has 3 aromatic rings. The van der Waals surface area contributed by atoms with Gasteiger partial charge in [-0.15, -0.1) is 5.10 Å². The minimum Gasteiger partial charge on any atom is -0.491 e. The van der Waals surface area contributed by atoms with Gasteiger partial charge in [-0.1, -0.05) is 31.2 Å². The fourth-order valence-corrected chi connectivity index (χ4v) is 2.28. The molecule has 0 atom stereocenters. The van der Waals surface area contributed by atoms with E-state index < -0.39 is 0 Å². The van der Waals surface area contributed by atoms with Crippen LogP contribution in [-0.2, 0) is 0 Å². The van der Waals surface area contributed by atoms with Gasteiger partial charge >= 0.3 is 0 Å². The van der Waals surface area contributed by atoms with Crippen LogP contribution < -0.4 is 10.5 Å². The van der Waals surface area contributed by atoms with Gasteiger partial charge in [0.2, 0.25) is 0 Å². The second-order valence-electron chi connectivity index (χ2n) is 5.30. The van der Waals surface area contributed by atoms with Gasteiger partial charge in [0.15, 0.2) is 5.82 Å². The number of hydrogen-bond acceptors (Lipinski definition) is 5. The molecule has 118 valence electrons. The Labute approximate surface area is 134 Å².